The molecule has 0 aromatic carbocycles. The third kappa shape index (κ3) is 7.26. The van der Waals surface area contributed by atoms with Gasteiger partial charge in [-0.1, -0.05) is 6.07 Å². The van der Waals surface area contributed by atoms with Gasteiger partial charge in [-0.25, -0.2) is 0 Å². The van der Waals surface area contributed by atoms with E-state index < -0.39 is 0 Å². The number of hydrogen-bond acceptors (Lipinski definition) is 3. The molecule has 0 amide bonds. The molecule has 5 nitrogen and oxygen atoms in total. The fourth-order valence-corrected chi connectivity index (χ4v) is 2.67. The van der Waals surface area contributed by atoms with E-state index in [1.165, 1.54) is 4.88 Å². The summed E-state index contributed by atoms with van der Waals surface area (Å²) < 4.78 is 1.94. The Labute approximate surface area is 153 Å². The molecule has 0 bridgehead atoms. The Kier molecular flexibility index (Phi) is 9.89. The standard InChI is InChI=1S/C15H23N5S.HI/c1-2-16-15(18-10-7-14-6-3-13-21-14)17-8-4-11-20-12-5-9-19-20;/h3,5-6,9,12-13H,2,4,7-8,10-11H2,1H3,(H2,16,17,18);1H. The Bertz CT molecular complexity index is 510. The molecule has 2 N–H and O–H groups in total. The SMILES string of the molecule is CCNC(=NCCCn1cccn1)NCCc1cccs1.I. The summed E-state index contributed by atoms with van der Waals surface area (Å²) in [5.74, 6) is 0.898. The largest absolute Gasteiger partial charge is 0.357 e. The van der Waals surface area contributed by atoms with Gasteiger partial charge in [0.05, 0.1) is 0 Å². The first-order valence-electron chi connectivity index (χ1n) is 7.40. The van der Waals surface area contributed by atoms with Crippen LogP contribution in [0.25, 0.3) is 0 Å². The van der Waals surface area contributed by atoms with E-state index in [0.29, 0.717) is 0 Å². The molecule has 0 aliphatic rings. The summed E-state index contributed by atoms with van der Waals surface area (Å²) in [5.41, 5.74) is 0. The second kappa shape index (κ2) is 11.5. The fourth-order valence-electron chi connectivity index (χ4n) is 1.96. The van der Waals surface area contributed by atoms with E-state index in [1.54, 1.807) is 17.5 Å². The van der Waals surface area contributed by atoms with E-state index in [0.717, 1.165) is 45.0 Å². The number of halogens is 1. The molecule has 0 saturated carbocycles. The highest BCUT2D eigenvalue weighted by Gasteiger charge is 1.98. The monoisotopic (exact) mass is 433 g/mol. The summed E-state index contributed by atoms with van der Waals surface area (Å²) in [5, 5.41) is 13.0. The number of aromatic nitrogens is 2. The van der Waals surface area contributed by atoms with Crippen molar-refractivity contribution in [1.29, 1.82) is 0 Å². The topological polar surface area (TPSA) is 54.2 Å². The van der Waals surface area contributed by atoms with Crippen LogP contribution in [0, 0.1) is 0 Å². The van der Waals surface area contributed by atoms with Gasteiger partial charge in [0.15, 0.2) is 5.96 Å². The van der Waals surface area contributed by atoms with Gasteiger partial charge in [0, 0.05) is 43.4 Å². The van der Waals surface area contributed by atoms with E-state index in [4.69, 9.17) is 0 Å². The molecule has 122 valence electrons. The molecular weight excluding hydrogens is 409 g/mol. The molecule has 0 aliphatic carbocycles. The molecule has 2 heterocycles. The Morgan fingerprint density at radius 1 is 1.36 bits per heavy atom. The normalized spacial score (nSPS) is 11.0. The summed E-state index contributed by atoms with van der Waals surface area (Å²) in [6.45, 7) is 5.58. The molecule has 0 radical (unpaired) electrons. The van der Waals surface area contributed by atoms with Gasteiger partial charge in [-0.3, -0.25) is 9.67 Å². The fraction of sp³-hybridized carbons (Fsp3) is 0.467. The van der Waals surface area contributed by atoms with Crippen LogP contribution in [0.15, 0.2) is 41.0 Å². The molecule has 0 fully saturated rings. The van der Waals surface area contributed by atoms with Crippen molar-refractivity contribution in [3.63, 3.8) is 0 Å². The van der Waals surface area contributed by atoms with Crippen LogP contribution < -0.4 is 10.6 Å². The van der Waals surface area contributed by atoms with Gasteiger partial charge < -0.3 is 10.6 Å². The van der Waals surface area contributed by atoms with Crippen LogP contribution in [0.3, 0.4) is 0 Å². The first-order chi connectivity index (χ1) is 10.4. The van der Waals surface area contributed by atoms with E-state index in [9.17, 15) is 0 Å². The predicted molar refractivity (Wildman–Crippen MR) is 104 cm³/mol. The third-order valence-corrected chi connectivity index (χ3v) is 3.90. The predicted octanol–water partition coefficient (Wildman–Crippen LogP) is 2.75. The molecule has 0 aliphatic heterocycles. The van der Waals surface area contributed by atoms with Crippen molar-refractivity contribution in [2.24, 2.45) is 4.99 Å². The maximum absolute atomic E-state index is 4.59. The Morgan fingerprint density at radius 3 is 2.95 bits per heavy atom. The second-order valence-corrected chi connectivity index (χ2v) is 5.67. The second-order valence-electron chi connectivity index (χ2n) is 4.64. The van der Waals surface area contributed by atoms with Crippen molar-refractivity contribution in [2.45, 2.75) is 26.3 Å². The zero-order valence-electron chi connectivity index (χ0n) is 12.9. The maximum Gasteiger partial charge on any atom is 0.191 e. The van der Waals surface area contributed by atoms with E-state index in [2.05, 4.69) is 45.2 Å². The number of thiophene rings is 1. The number of rotatable bonds is 8. The lowest BCUT2D eigenvalue weighted by Gasteiger charge is -2.10. The van der Waals surface area contributed by atoms with Gasteiger partial charge in [-0.2, -0.15) is 5.10 Å². The average molecular weight is 433 g/mol. The van der Waals surface area contributed by atoms with Gasteiger partial charge in [-0.15, -0.1) is 35.3 Å². The zero-order chi connectivity index (χ0) is 14.8. The smallest absolute Gasteiger partial charge is 0.191 e. The number of hydrogen-bond donors (Lipinski definition) is 2. The van der Waals surface area contributed by atoms with Crippen LogP contribution in [-0.4, -0.2) is 35.4 Å². The number of aryl methyl sites for hydroxylation is 1. The van der Waals surface area contributed by atoms with Crippen LogP contribution in [0.2, 0.25) is 0 Å². The van der Waals surface area contributed by atoms with Gasteiger partial charge in [0.1, 0.15) is 0 Å². The molecule has 2 aromatic heterocycles. The molecular formula is C15H24IN5S. The quantitative estimate of drug-likeness (QED) is 0.291. The van der Waals surface area contributed by atoms with Crippen molar-refractivity contribution in [3.8, 4) is 0 Å². The van der Waals surface area contributed by atoms with Crippen molar-refractivity contribution in [1.82, 2.24) is 20.4 Å². The van der Waals surface area contributed by atoms with E-state index >= 15 is 0 Å². The van der Waals surface area contributed by atoms with Crippen molar-refractivity contribution in [3.05, 3.63) is 40.8 Å². The Hall–Kier alpha value is -1.09. The van der Waals surface area contributed by atoms with Crippen LogP contribution in [0.4, 0.5) is 0 Å². The van der Waals surface area contributed by atoms with Crippen LogP contribution in [0.1, 0.15) is 18.2 Å². The molecule has 2 aromatic rings. The van der Waals surface area contributed by atoms with Crippen LogP contribution in [-0.2, 0) is 13.0 Å². The summed E-state index contributed by atoms with van der Waals surface area (Å²) in [6.07, 6.45) is 5.81. The van der Waals surface area contributed by atoms with Gasteiger partial charge in [0.25, 0.3) is 0 Å². The number of guanidine groups is 1. The van der Waals surface area contributed by atoms with Gasteiger partial charge in [0.2, 0.25) is 0 Å². The van der Waals surface area contributed by atoms with Crippen LogP contribution in [0.5, 0.6) is 0 Å². The number of nitrogens with zero attached hydrogens (tertiary/aromatic N) is 3. The zero-order valence-corrected chi connectivity index (χ0v) is 16.0. The molecule has 0 saturated heterocycles. The van der Waals surface area contributed by atoms with Crippen molar-refractivity contribution >= 4 is 41.3 Å². The Morgan fingerprint density at radius 2 is 2.27 bits per heavy atom. The molecule has 22 heavy (non-hydrogen) atoms. The van der Waals surface area contributed by atoms with Crippen molar-refractivity contribution in [2.75, 3.05) is 19.6 Å². The molecule has 7 heteroatoms. The number of aliphatic imine (C=N–C) groups is 1. The molecule has 0 unspecified atom stereocenters. The minimum atomic E-state index is 0. The first kappa shape index (κ1) is 19.0. The summed E-state index contributed by atoms with van der Waals surface area (Å²) in [7, 11) is 0. The molecule has 2 rings (SSSR count). The van der Waals surface area contributed by atoms with Gasteiger partial charge in [-0.05, 0) is 37.3 Å². The van der Waals surface area contributed by atoms with Crippen molar-refractivity contribution < 1.29 is 0 Å². The molecule has 0 atom stereocenters. The summed E-state index contributed by atoms with van der Waals surface area (Å²) in [4.78, 5) is 5.99. The lowest BCUT2D eigenvalue weighted by molar-refractivity contribution is 0.584. The molecule has 0 spiro atoms. The minimum Gasteiger partial charge on any atom is -0.357 e. The minimum absolute atomic E-state index is 0. The average Bonchev–Trinajstić information content (AvgIpc) is 3.17. The highest BCUT2D eigenvalue weighted by atomic mass is 127. The summed E-state index contributed by atoms with van der Waals surface area (Å²) >= 11 is 1.80. The van der Waals surface area contributed by atoms with E-state index in [1.807, 2.05) is 16.9 Å². The highest BCUT2D eigenvalue weighted by molar-refractivity contribution is 14.0. The number of nitrogens with one attached hydrogen (secondary N) is 2. The van der Waals surface area contributed by atoms with Gasteiger partial charge >= 0.3 is 0 Å². The lowest BCUT2D eigenvalue weighted by Crippen LogP contribution is -2.38. The maximum atomic E-state index is 4.59. The Balaban J connectivity index is 0.00000242. The van der Waals surface area contributed by atoms with E-state index in [-0.39, 0.29) is 24.0 Å². The third-order valence-electron chi connectivity index (χ3n) is 2.96. The summed E-state index contributed by atoms with van der Waals surface area (Å²) in [6, 6.07) is 6.20. The highest BCUT2D eigenvalue weighted by Crippen LogP contribution is 2.07. The lowest BCUT2D eigenvalue weighted by atomic mass is 10.3. The van der Waals surface area contributed by atoms with Crippen LogP contribution >= 0.6 is 35.3 Å². The first-order valence-corrected chi connectivity index (χ1v) is 8.28.